The van der Waals surface area contributed by atoms with Crippen molar-refractivity contribution in [3.05, 3.63) is 65.0 Å². The summed E-state index contributed by atoms with van der Waals surface area (Å²) < 4.78 is 24.2. The Morgan fingerprint density at radius 2 is 2.05 bits per heavy atom. The molecule has 1 atom stereocenters. The molecule has 0 saturated heterocycles. The van der Waals surface area contributed by atoms with E-state index in [1.165, 1.54) is 12.1 Å². The number of fused-ring (bicyclic) bond motifs is 1. The van der Waals surface area contributed by atoms with Crippen LogP contribution >= 0.6 is 0 Å². The van der Waals surface area contributed by atoms with Gasteiger partial charge in [0.2, 0.25) is 5.91 Å². The summed E-state index contributed by atoms with van der Waals surface area (Å²) in [6.45, 7) is 0.834. The Labute approximate surface area is 127 Å². The number of nitrogens with two attached hydrogens (primary N) is 1. The number of halogens is 1. The molecule has 3 rings (SSSR count). The van der Waals surface area contributed by atoms with Gasteiger partial charge in [-0.05, 0) is 41.5 Å². The normalized spacial score (nSPS) is 16.1. The van der Waals surface area contributed by atoms with Gasteiger partial charge in [0.05, 0.1) is 13.2 Å². The summed E-state index contributed by atoms with van der Waals surface area (Å²) in [6.07, 6.45) is 0.596. The Morgan fingerprint density at radius 3 is 2.77 bits per heavy atom. The number of primary amides is 1. The molecule has 1 heterocycles. The first-order chi connectivity index (χ1) is 10.6. The molecule has 0 aromatic heterocycles. The van der Waals surface area contributed by atoms with Gasteiger partial charge in [-0.3, -0.25) is 4.79 Å². The van der Waals surface area contributed by atoms with Crippen molar-refractivity contribution in [1.29, 1.82) is 0 Å². The minimum absolute atomic E-state index is 0.0847. The third-order valence-electron chi connectivity index (χ3n) is 3.57. The van der Waals surface area contributed by atoms with Gasteiger partial charge < -0.3 is 15.2 Å². The lowest BCUT2D eigenvalue weighted by atomic mass is 10.1. The zero-order chi connectivity index (χ0) is 15.5. The van der Waals surface area contributed by atoms with E-state index in [9.17, 15) is 9.18 Å². The van der Waals surface area contributed by atoms with Gasteiger partial charge >= 0.3 is 0 Å². The van der Waals surface area contributed by atoms with E-state index in [0.29, 0.717) is 25.2 Å². The average Bonchev–Trinajstić information content (AvgIpc) is 2.91. The van der Waals surface area contributed by atoms with Crippen molar-refractivity contribution >= 4 is 5.91 Å². The molecule has 22 heavy (non-hydrogen) atoms. The zero-order valence-corrected chi connectivity index (χ0v) is 11.9. The summed E-state index contributed by atoms with van der Waals surface area (Å²) in [4.78, 5) is 11.2. The van der Waals surface area contributed by atoms with Crippen LogP contribution in [0, 0.1) is 5.82 Å². The van der Waals surface area contributed by atoms with Gasteiger partial charge in [0.15, 0.2) is 0 Å². The fraction of sp³-hybridized carbons (Fsp3) is 0.235. The van der Waals surface area contributed by atoms with Gasteiger partial charge in [-0.2, -0.15) is 0 Å². The fourth-order valence-electron chi connectivity index (χ4n) is 2.46. The second-order valence-electron chi connectivity index (χ2n) is 5.27. The standard InChI is InChI=1S/C17H16FNO3/c18-14-4-1-11(2-5-14)9-21-10-15-8-13-7-12(17(19)20)3-6-16(13)22-15/h1-7,15H,8-10H2,(H2,19,20). The van der Waals surface area contributed by atoms with Crippen LogP contribution in [0.4, 0.5) is 4.39 Å². The van der Waals surface area contributed by atoms with E-state index in [0.717, 1.165) is 16.9 Å². The molecule has 2 aromatic carbocycles. The maximum absolute atomic E-state index is 12.8. The van der Waals surface area contributed by atoms with Crippen LogP contribution < -0.4 is 10.5 Å². The average molecular weight is 301 g/mol. The minimum Gasteiger partial charge on any atom is -0.487 e. The molecule has 1 aliphatic heterocycles. The van der Waals surface area contributed by atoms with Crippen molar-refractivity contribution in [2.24, 2.45) is 5.73 Å². The van der Waals surface area contributed by atoms with E-state index < -0.39 is 5.91 Å². The van der Waals surface area contributed by atoms with Gasteiger partial charge in [-0.1, -0.05) is 12.1 Å². The molecule has 114 valence electrons. The van der Waals surface area contributed by atoms with Crippen molar-refractivity contribution in [2.75, 3.05) is 6.61 Å². The molecule has 0 saturated carbocycles. The smallest absolute Gasteiger partial charge is 0.248 e. The van der Waals surface area contributed by atoms with Crippen molar-refractivity contribution in [2.45, 2.75) is 19.1 Å². The first kappa shape index (κ1) is 14.5. The third-order valence-corrected chi connectivity index (χ3v) is 3.57. The topological polar surface area (TPSA) is 61.6 Å². The first-order valence-electron chi connectivity index (χ1n) is 7.03. The van der Waals surface area contributed by atoms with Crippen LogP contribution in [0.5, 0.6) is 5.75 Å². The molecule has 1 aliphatic rings. The highest BCUT2D eigenvalue weighted by Gasteiger charge is 2.23. The molecular formula is C17H16FNO3. The van der Waals surface area contributed by atoms with Crippen LogP contribution in [0.1, 0.15) is 21.5 Å². The Balaban J connectivity index is 1.53. The molecule has 0 radical (unpaired) electrons. The van der Waals surface area contributed by atoms with Crippen LogP contribution in [0.25, 0.3) is 0 Å². The van der Waals surface area contributed by atoms with E-state index in [1.54, 1.807) is 30.3 Å². The summed E-state index contributed by atoms with van der Waals surface area (Å²) in [5.41, 5.74) is 7.62. The summed E-state index contributed by atoms with van der Waals surface area (Å²) >= 11 is 0. The molecule has 4 nitrogen and oxygen atoms in total. The number of hydrogen-bond donors (Lipinski definition) is 1. The van der Waals surface area contributed by atoms with Gasteiger partial charge in [0.1, 0.15) is 17.7 Å². The maximum atomic E-state index is 12.8. The quantitative estimate of drug-likeness (QED) is 0.922. The van der Waals surface area contributed by atoms with Crippen molar-refractivity contribution < 1.29 is 18.7 Å². The second-order valence-corrected chi connectivity index (χ2v) is 5.27. The molecule has 5 heteroatoms. The van der Waals surface area contributed by atoms with E-state index in [-0.39, 0.29) is 11.9 Å². The van der Waals surface area contributed by atoms with Crippen LogP contribution in [0.2, 0.25) is 0 Å². The highest BCUT2D eigenvalue weighted by molar-refractivity contribution is 5.93. The summed E-state index contributed by atoms with van der Waals surface area (Å²) in [5.74, 6) is 0.0581. The summed E-state index contributed by atoms with van der Waals surface area (Å²) in [5, 5.41) is 0. The highest BCUT2D eigenvalue weighted by atomic mass is 19.1. The number of carbonyl (C=O) groups excluding carboxylic acids is 1. The van der Waals surface area contributed by atoms with E-state index in [1.807, 2.05) is 0 Å². The summed E-state index contributed by atoms with van der Waals surface area (Å²) in [6, 6.07) is 11.4. The summed E-state index contributed by atoms with van der Waals surface area (Å²) in [7, 11) is 0. The van der Waals surface area contributed by atoms with Crippen LogP contribution in [-0.4, -0.2) is 18.6 Å². The van der Waals surface area contributed by atoms with Gasteiger partial charge in [0.25, 0.3) is 0 Å². The predicted octanol–water partition coefficient (Wildman–Crippen LogP) is 2.44. The Bertz CT molecular complexity index is 685. The van der Waals surface area contributed by atoms with Crippen molar-refractivity contribution in [1.82, 2.24) is 0 Å². The Hall–Kier alpha value is -2.40. The molecule has 0 spiro atoms. The highest BCUT2D eigenvalue weighted by Crippen LogP contribution is 2.29. The Kier molecular flexibility index (Phi) is 4.06. The second kappa shape index (κ2) is 6.15. The molecule has 0 bridgehead atoms. The largest absolute Gasteiger partial charge is 0.487 e. The number of benzene rings is 2. The molecule has 1 unspecified atom stereocenters. The van der Waals surface area contributed by atoms with Crippen molar-refractivity contribution in [3.63, 3.8) is 0 Å². The van der Waals surface area contributed by atoms with Gasteiger partial charge in [-0.25, -0.2) is 4.39 Å². The molecule has 2 N–H and O–H groups in total. The zero-order valence-electron chi connectivity index (χ0n) is 11.9. The third kappa shape index (κ3) is 3.26. The van der Waals surface area contributed by atoms with Crippen LogP contribution in [0.15, 0.2) is 42.5 Å². The van der Waals surface area contributed by atoms with Crippen LogP contribution in [0.3, 0.4) is 0 Å². The molecule has 2 aromatic rings. The van der Waals surface area contributed by atoms with E-state index in [4.69, 9.17) is 15.2 Å². The first-order valence-corrected chi connectivity index (χ1v) is 7.03. The number of amides is 1. The lowest BCUT2D eigenvalue weighted by molar-refractivity contribution is 0.0510. The maximum Gasteiger partial charge on any atom is 0.248 e. The van der Waals surface area contributed by atoms with Gasteiger partial charge in [-0.15, -0.1) is 0 Å². The van der Waals surface area contributed by atoms with E-state index >= 15 is 0 Å². The molecule has 1 amide bonds. The van der Waals surface area contributed by atoms with Gasteiger partial charge in [0, 0.05) is 12.0 Å². The predicted molar refractivity (Wildman–Crippen MR) is 79.1 cm³/mol. The molecular weight excluding hydrogens is 285 g/mol. The van der Waals surface area contributed by atoms with Crippen LogP contribution in [-0.2, 0) is 17.8 Å². The fourth-order valence-corrected chi connectivity index (χ4v) is 2.46. The minimum atomic E-state index is -0.446. The number of carbonyl (C=O) groups is 1. The van der Waals surface area contributed by atoms with Crippen molar-refractivity contribution in [3.8, 4) is 5.75 Å². The number of ether oxygens (including phenoxy) is 2. The number of rotatable bonds is 5. The monoisotopic (exact) mass is 301 g/mol. The lowest BCUT2D eigenvalue weighted by Crippen LogP contribution is -2.20. The molecule has 0 fully saturated rings. The van der Waals surface area contributed by atoms with E-state index in [2.05, 4.69) is 0 Å². The number of hydrogen-bond acceptors (Lipinski definition) is 3. The molecule has 0 aliphatic carbocycles. The lowest BCUT2D eigenvalue weighted by Gasteiger charge is -2.11. The SMILES string of the molecule is NC(=O)c1ccc2c(c1)CC(COCc1ccc(F)cc1)O2. The Morgan fingerprint density at radius 1 is 1.27 bits per heavy atom.